The number of anilines is 1. The van der Waals surface area contributed by atoms with E-state index in [0.29, 0.717) is 5.82 Å². The van der Waals surface area contributed by atoms with Gasteiger partial charge in [0.1, 0.15) is 17.0 Å². The third-order valence-electron chi connectivity index (χ3n) is 6.37. The molecule has 162 valence electrons. The first kappa shape index (κ1) is 18.9. The predicted molar refractivity (Wildman–Crippen MR) is 123 cm³/mol. The first-order valence-corrected chi connectivity index (χ1v) is 10.7. The second-order valence-corrected chi connectivity index (χ2v) is 8.37. The largest absolute Gasteiger partial charge is 0.366 e. The zero-order chi connectivity index (χ0) is 21.8. The van der Waals surface area contributed by atoms with Gasteiger partial charge >= 0.3 is 0 Å². The van der Waals surface area contributed by atoms with E-state index in [9.17, 15) is 0 Å². The molecule has 5 aromatic heterocycles. The molecule has 6 heterocycles. The van der Waals surface area contributed by atoms with Gasteiger partial charge in [-0.3, -0.25) is 15.1 Å². The molecule has 0 aliphatic carbocycles. The first-order chi connectivity index (χ1) is 15.6. The van der Waals surface area contributed by atoms with Crippen LogP contribution < -0.4 is 4.90 Å². The van der Waals surface area contributed by atoms with Gasteiger partial charge in [0.15, 0.2) is 5.82 Å². The third kappa shape index (κ3) is 2.94. The molecule has 0 atom stereocenters. The van der Waals surface area contributed by atoms with Gasteiger partial charge in [-0.25, -0.2) is 9.97 Å². The van der Waals surface area contributed by atoms with Crippen molar-refractivity contribution in [1.29, 1.82) is 0 Å². The second kappa shape index (κ2) is 7.13. The Balaban J connectivity index is 1.45. The molecule has 1 fully saturated rings. The van der Waals surface area contributed by atoms with E-state index in [2.05, 4.69) is 47.0 Å². The number of fused-ring (bicyclic) bond motifs is 2. The Bertz CT molecular complexity index is 1430. The smallest absolute Gasteiger partial charge is 0.159 e. The summed E-state index contributed by atoms with van der Waals surface area (Å²) < 4.78 is 2.03. The van der Waals surface area contributed by atoms with Crippen molar-refractivity contribution in [3.63, 3.8) is 0 Å². The van der Waals surface area contributed by atoms with E-state index in [-0.39, 0.29) is 0 Å². The van der Waals surface area contributed by atoms with E-state index in [4.69, 9.17) is 4.98 Å². The lowest BCUT2D eigenvalue weighted by Gasteiger charge is -2.33. The van der Waals surface area contributed by atoms with Gasteiger partial charge in [-0.15, -0.1) is 0 Å². The maximum absolute atomic E-state index is 4.95. The van der Waals surface area contributed by atoms with Gasteiger partial charge in [0.05, 0.1) is 52.9 Å². The maximum atomic E-state index is 4.95. The summed E-state index contributed by atoms with van der Waals surface area (Å²) in [7, 11) is 4.15. The van der Waals surface area contributed by atoms with Gasteiger partial charge < -0.3 is 19.4 Å². The van der Waals surface area contributed by atoms with Crippen LogP contribution in [0, 0.1) is 6.92 Å². The summed E-state index contributed by atoms with van der Waals surface area (Å²) in [5, 5.41) is 8.60. The van der Waals surface area contributed by atoms with Crippen molar-refractivity contribution in [3.05, 3.63) is 36.7 Å². The number of hydrogen-bond acceptors (Lipinski definition) is 7. The van der Waals surface area contributed by atoms with Gasteiger partial charge in [0, 0.05) is 38.6 Å². The first-order valence-electron chi connectivity index (χ1n) is 10.7. The molecule has 32 heavy (non-hydrogen) atoms. The topological polar surface area (TPSA) is 107 Å². The lowest BCUT2D eigenvalue weighted by atomic mass is 10.2. The van der Waals surface area contributed by atoms with Gasteiger partial charge in [-0.05, 0) is 20.0 Å². The summed E-state index contributed by atoms with van der Waals surface area (Å²) in [6.07, 6.45) is 7.39. The summed E-state index contributed by atoms with van der Waals surface area (Å²) in [6.45, 7) is 5.96. The Kier molecular flexibility index (Phi) is 4.22. The number of rotatable bonds is 3. The van der Waals surface area contributed by atoms with Gasteiger partial charge in [0.2, 0.25) is 0 Å². The SMILES string of the molecule is Cc1ncc(-c2cc3c(-c4nc5c(N6CCN(C)CC6)cncc5[nH]4)n[nH]c3cn2)n1C. The van der Waals surface area contributed by atoms with Crippen molar-refractivity contribution in [2.24, 2.45) is 7.05 Å². The molecule has 2 N–H and O–H groups in total. The fourth-order valence-electron chi connectivity index (χ4n) is 4.29. The lowest BCUT2D eigenvalue weighted by molar-refractivity contribution is 0.313. The fraction of sp³-hybridized carbons (Fsp3) is 0.318. The monoisotopic (exact) mass is 428 g/mol. The zero-order valence-electron chi connectivity index (χ0n) is 18.3. The van der Waals surface area contributed by atoms with Crippen LogP contribution in [0.2, 0.25) is 0 Å². The molecule has 6 rings (SSSR count). The number of nitrogens with zero attached hydrogens (tertiary/aromatic N) is 8. The summed E-state index contributed by atoms with van der Waals surface area (Å²) in [4.78, 5) is 26.5. The van der Waals surface area contributed by atoms with Crippen LogP contribution in [0.25, 0.3) is 44.8 Å². The van der Waals surface area contributed by atoms with E-state index in [0.717, 1.165) is 76.7 Å². The molecular formula is C22H24N10. The number of aromatic amines is 2. The number of aromatic nitrogens is 8. The highest BCUT2D eigenvalue weighted by molar-refractivity contribution is 5.96. The van der Waals surface area contributed by atoms with Crippen LogP contribution in [0.5, 0.6) is 0 Å². The minimum absolute atomic E-state index is 0.716. The molecule has 0 aromatic carbocycles. The van der Waals surface area contributed by atoms with E-state index in [1.54, 1.807) is 0 Å². The number of piperazine rings is 1. The van der Waals surface area contributed by atoms with Crippen LogP contribution in [0.15, 0.2) is 30.9 Å². The summed E-state index contributed by atoms with van der Waals surface area (Å²) in [5.74, 6) is 1.66. The van der Waals surface area contributed by atoms with E-state index < -0.39 is 0 Å². The highest BCUT2D eigenvalue weighted by atomic mass is 15.3. The Hall–Kier alpha value is -3.79. The van der Waals surface area contributed by atoms with Crippen LogP contribution in [0.1, 0.15) is 5.82 Å². The number of aryl methyl sites for hydroxylation is 1. The standard InChI is InChI=1S/C22H24N10/c1-13-24-12-18(31(13)3)15-8-14-16(10-25-15)28-29-20(14)22-26-17-9-23-11-19(21(17)27-22)32-6-4-30(2)5-7-32/h8-12H,4-7H2,1-3H3,(H,26,27)(H,28,29). The Morgan fingerprint density at radius 1 is 0.938 bits per heavy atom. The Morgan fingerprint density at radius 3 is 2.56 bits per heavy atom. The van der Waals surface area contributed by atoms with Crippen molar-refractivity contribution in [2.75, 3.05) is 38.1 Å². The average Bonchev–Trinajstić information content (AvgIpc) is 3.50. The van der Waals surface area contributed by atoms with Crippen molar-refractivity contribution in [3.8, 4) is 22.9 Å². The molecule has 0 spiro atoms. The van der Waals surface area contributed by atoms with Crippen LogP contribution in [-0.2, 0) is 7.05 Å². The summed E-state index contributed by atoms with van der Waals surface area (Å²) in [5.41, 5.74) is 6.33. The number of hydrogen-bond donors (Lipinski definition) is 2. The van der Waals surface area contributed by atoms with E-state index in [1.165, 1.54) is 0 Å². The average molecular weight is 429 g/mol. The highest BCUT2D eigenvalue weighted by Crippen LogP contribution is 2.31. The fourth-order valence-corrected chi connectivity index (χ4v) is 4.29. The molecule has 0 bridgehead atoms. The Labute approximate surface area is 184 Å². The van der Waals surface area contributed by atoms with Crippen LogP contribution in [0.4, 0.5) is 5.69 Å². The third-order valence-corrected chi connectivity index (χ3v) is 6.37. The highest BCUT2D eigenvalue weighted by Gasteiger charge is 2.21. The molecule has 10 heteroatoms. The lowest BCUT2D eigenvalue weighted by Crippen LogP contribution is -2.44. The molecule has 0 radical (unpaired) electrons. The Morgan fingerprint density at radius 2 is 1.78 bits per heavy atom. The number of pyridine rings is 2. The minimum Gasteiger partial charge on any atom is -0.366 e. The van der Waals surface area contributed by atoms with Crippen LogP contribution in [0.3, 0.4) is 0 Å². The van der Waals surface area contributed by atoms with Crippen LogP contribution in [-0.4, -0.2) is 77.8 Å². The molecule has 0 unspecified atom stereocenters. The number of likely N-dealkylation sites (N-methyl/N-ethyl adjacent to an activating group) is 1. The van der Waals surface area contributed by atoms with Gasteiger partial charge in [-0.2, -0.15) is 5.10 Å². The summed E-state index contributed by atoms with van der Waals surface area (Å²) in [6, 6.07) is 2.04. The summed E-state index contributed by atoms with van der Waals surface area (Å²) >= 11 is 0. The van der Waals surface area contributed by atoms with Crippen molar-refractivity contribution >= 4 is 27.6 Å². The molecule has 1 aliphatic rings. The molecular weight excluding hydrogens is 404 g/mol. The van der Waals surface area contributed by atoms with E-state index >= 15 is 0 Å². The normalized spacial score (nSPS) is 15.3. The number of nitrogens with one attached hydrogen (secondary N) is 2. The molecule has 1 aliphatic heterocycles. The number of imidazole rings is 2. The molecule has 0 amide bonds. The quantitative estimate of drug-likeness (QED) is 0.454. The molecule has 1 saturated heterocycles. The predicted octanol–water partition coefficient (Wildman–Crippen LogP) is 2.36. The van der Waals surface area contributed by atoms with Crippen molar-refractivity contribution in [1.82, 2.24) is 44.6 Å². The van der Waals surface area contributed by atoms with Gasteiger partial charge in [-0.1, -0.05) is 0 Å². The second-order valence-electron chi connectivity index (χ2n) is 8.37. The molecule has 5 aromatic rings. The molecule has 10 nitrogen and oxygen atoms in total. The maximum Gasteiger partial charge on any atom is 0.159 e. The van der Waals surface area contributed by atoms with Crippen molar-refractivity contribution in [2.45, 2.75) is 6.92 Å². The van der Waals surface area contributed by atoms with Crippen molar-refractivity contribution < 1.29 is 0 Å². The minimum atomic E-state index is 0.716. The zero-order valence-corrected chi connectivity index (χ0v) is 18.3. The van der Waals surface area contributed by atoms with Gasteiger partial charge in [0.25, 0.3) is 0 Å². The van der Waals surface area contributed by atoms with Crippen LogP contribution >= 0.6 is 0 Å². The van der Waals surface area contributed by atoms with E-state index in [1.807, 2.05) is 49.4 Å². The molecule has 0 saturated carbocycles. The number of H-pyrrole nitrogens is 2.